The lowest BCUT2D eigenvalue weighted by atomic mass is 10.1. The molecule has 2 atom stereocenters. The number of carbonyl (C=O) groups excluding carboxylic acids is 1. The summed E-state index contributed by atoms with van der Waals surface area (Å²) in [5.41, 5.74) is 5.43. The lowest BCUT2D eigenvalue weighted by Gasteiger charge is -2.27. The molecule has 2 rings (SSSR count). The van der Waals surface area contributed by atoms with Gasteiger partial charge in [-0.2, -0.15) is 0 Å². The maximum absolute atomic E-state index is 14.0. The number of thioether (sulfide) groups is 1. The van der Waals surface area contributed by atoms with E-state index in [9.17, 15) is 14.0 Å². The van der Waals surface area contributed by atoms with Gasteiger partial charge in [-0.1, -0.05) is 17.7 Å². The van der Waals surface area contributed by atoms with Crippen LogP contribution in [0.2, 0.25) is 5.02 Å². The van der Waals surface area contributed by atoms with E-state index in [-0.39, 0.29) is 22.9 Å². The maximum atomic E-state index is 14.0. The molecule has 1 saturated heterocycles. The Balaban J connectivity index is 2.45. The second-order valence-corrected chi connectivity index (χ2v) is 5.70. The molecular formula is C12H12ClFN2O3S. The number of nitrogens with two attached hydrogens (primary N) is 1. The molecule has 1 aromatic carbocycles. The van der Waals surface area contributed by atoms with Crippen molar-refractivity contribution in [2.45, 2.75) is 11.4 Å². The third-order valence-corrected chi connectivity index (χ3v) is 4.61. The minimum atomic E-state index is -1.14. The van der Waals surface area contributed by atoms with E-state index in [0.29, 0.717) is 0 Å². The number of carboxylic acids is 1. The molecule has 0 aliphatic carbocycles. The first-order valence-electron chi connectivity index (χ1n) is 5.77. The highest BCUT2D eigenvalue weighted by Crippen LogP contribution is 2.44. The number of carbonyl (C=O) groups is 2. The molecule has 0 radical (unpaired) electrons. The summed E-state index contributed by atoms with van der Waals surface area (Å²) in [6.45, 7) is -0.340. The number of halogens is 2. The van der Waals surface area contributed by atoms with Crippen LogP contribution in [0.4, 0.5) is 4.39 Å². The highest BCUT2D eigenvalue weighted by atomic mass is 35.5. The van der Waals surface area contributed by atoms with Crippen molar-refractivity contribution in [2.75, 3.05) is 12.3 Å². The van der Waals surface area contributed by atoms with Crippen molar-refractivity contribution < 1.29 is 19.1 Å². The normalized spacial score (nSPS) is 22.1. The molecular weight excluding hydrogens is 307 g/mol. The van der Waals surface area contributed by atoms with Crippen molar-refractivity contribution in [1.29, 1.82) is 0 Å². The number of carboxylic acid groups (broad SMARTS) is 1. The van der Waals surface area contributed by atoms with Gasteiger partial charge in [-0.05, 0) is 12.1 Å². The smallest absolute Gasteiger partial charge is 0.327 e. The molecule has 8 heteroatoms. The van der Waals surface area contributed by atoms with Crippen LogP contribution in [0, 0.1) is 5.82 Å². The van der Waals surface area contributed by atoms with E-state index in [0.717, 1.165) is 16.7 Å². The molecule has 108 valence electrons. The van der Waals surface area contributed by atoms with Crippen molar-refractivity contribution in [1.82, 2.24) is 4.90 Å². The molecule has 3 N–H and O–H groups in total. The van der Waals surface area contributed by atoms with E-state index in [2.05, 4.69) is 0 Å². The molecule has 1 fully saturated rings. The highest BCUT2D eigenvalue weighted by Gasteiger charge is 2.43. The third kappa shape index (κ3) is 2.61. The largest absolute Gasteiger partial charge is 0.480 e. The van der Waals surface area contributed by atoms with Crippen molar-refractivity contribution in [3.05, 3.63) is 34.6 Å². The van der Waals surface area contributed by atoms with Crippen LogP contribution in [0.3, 0.4) is 0 Å². The predicted octanol–water partition coefficient (Wildman–Crippen LogP) is 1.46. The molecule has 20 heavy (non-hydrogen) atoms. The monoisotopic (exact) mass is 318 g/mol. The molecule has 1 aliphatic rings. The average molecular weight is 319 g/mol. The van der Waals surface area contributed by atoms with E-state index in [4.69, 9.17) is 22.4 Å². The third-order valence-electron chi connectivity index (χ3n) is 2.99. The summed E-state index contributed by atoms with van der Waals surface area (Å²) < 4.78 is 14.0. The van der Waals surface area contributed by atoms with Gasteiger partial charge < -0.3 is 15.7 Å². The Kier molecular flexibility index (Phi) is 4.52. The van der Waals surface area contributed by atoms with Crippen LogP contribution in [0.25, 0.3) is 0 Å². The zero-order chi connectivity index (χ0) is 14.9. The van der Waals surface area contributed by atoms with E-state index in [1.807, 2.05) is 0 Å². The van der Waals surface area contributed by atoms with Gasteiger partial charge in [-0.3, -0.25) is 4.79 Å². The van der Waals surface area contributed by atoms with Crippen LogP contribution < -0.4 is 5.73 Å². The molecule has 1 aliphatic heterocycles. The SMILES string of the molecule is NCC(=O)N1[C@@H](c2c(F)cccc2Cl)SC[C@H]1C(=O)O. The first-order valence-corrected chi connectivity index (χ1v) is 7.19. The Morgan fingerprint density at radius 1 is 1.55 bits per heavy atom. The minimum Gasteiger partial charge on any atom is -0.480 e. The summed E-state index contributed by atoms with van der Waals surface area (Å²) in [5, 5.41) is 8.54. The van der Waals surface area contributed by atoms with Crippen LogP contribution in [-0.2, 0) is 9.59 Å². The van der Waals surface area contributed by atoms with Crippen molar-refractivity contribution in [2.24, 2.45) is 5.73 Å². The van der Waals surface area contributed by atoms with Gasteiger partial charge in [0.25, 0.3) is 0 Å². The molecule has 0 unspecified atom stereocenters. The molecule has 1 amide bonds. The number of hydrogen-bond donors (Lipinski definition) is 2. The van der Waals surface area contributed by atoms with Crippen LogP contribution in [0.5, 0.6) is 0 Å². The fourth-order valence-corrected chi connectivity index (χ4v) is 3.91. The average Bonchev–Trinajstić information content (AvgIpc) is 2.82. The second kappa shape index (κ2) is 5.99. The summed E-state index contributed by atoms with van der Waals surface area (Å²) >= 11 is 7.14. The number of nitrogens with zero attached hydrogens (tertiary/aromatic N) is 1. The molecule has 5 nitrogen and oxygen atoms in total. The maximum Gasteiger partial charge on any atom is 0.327 e. The Morgan fingerprint density at radius 2 is 2.25 bits per heavy atom. The lowest BCUT2D eigenvalue weighted by molar-refractivity contribution is -0.148. The van der Waals surface area contributed by atoms with Gasteiger partial charge in [0.15, 0.2) is 0 Å². The number of hydrogen-bond acceptors (Lipinski definition) is 4. The molecule has 0 bridgehead atoms. The number of aliphatic carboxylic acids is 1. The first-order chi connectivity index (χ1) is 9.47. The summed E-state index contributed by atoms with van der Waals surface area (Å²) in [6.07, 6.45) is 0. The second-order valence-electron chi connectivity index (χ2n) is 4.18. The standard InChI is InChI=1S/C12H12ClFN2O3S/c13-6-2-1-3-7(14)10(6)11-16(9(17)4-15)8(5-20-11)12(18)19/h1-3,8,11H,4-5,15H2,(H,18,19)/t8-,11+/m0/s1. The molecule has 0 aromatic heterocycles. The van der Waals surface area contributed by atoms with Gasteiger partial charge in [0.2, 0.25) is 5.91 Å². The molecule has 0 saturated carbocycles. The van der Waals surface area contributed by atoms with Gasteiger partial charge in [0.05, 0.1) is 6.54 Å². The van der Waals surface area contributed by atoms with Crippen LogP contribution in [-0.4, -0.2) is 40.2 Å². The van der Waals surface area contributed by atoms with Crippen molar-refractivity contribution in [3.63, 3.8) is 0 Å². The van der Waals surface area contributed by atoms with Gasteiger partial charge in [-0.15, -0.1) is 11.8 Å². The van der Waals surface area contributed by atoms with Crippen molar-refractivity contribution in [3.8, 4) is 0 Å². The van der Waals surface area contributed by atoms with Crippen LogP contribution in [0.15, 0.2) is 18.2 Å². The molecule has 0 spiro atoms. The minimum absolute atomic E-state index is 0.115. The lowest BCUT2D eigenvalue weighted by Crippen LogP contribution is -2.45. The summed E-state index contributed by atoms with van der Waals surface area (Å²) in [6, 6.07) is 3.14. The van der Waals surface area contributed by atoms with E-state index in [1.165, 1.54) is 18.2 Å². The summed E-state index contributed by atoms with van der Waals surface area (Å²) in [4.78, 5) is 24.2. The Bertz CT molecular complexity index is 537. The fraction of sp³-hybridized carbons (Fsp3) is 0.333. The van der Waals surface area contributed by atoms with Gasteiger partial charge in [0.1, 0.15) is 17.2 Å². The molecule has 1 heterocycles. The predicted molar refractivity (Wildman–Crippen MR) is 73.9 cm³/mol. The quantitative estimate of drug-likeness (QED) is 0.881. The summed E-state index contributed by atoms with van der Waals surface area (Å²) in [7, 11) is 0. The van der Waals surface area contributed by atoms with Gasteiger partial charge in [0, 0.05) is 16.3 Å². The van der Waals surface area contributed by atoms with E-state index >= 15 is 0 Å². The Morgan fingerprint density at radius 3 is 2.80 bits per heavy atom. The summed E-state index contributed by atoms with van der Waals surface area (Å²) in [5.74, 6) is -2.10. The van der Waals surface area contributed by atoms with Crippen molar-refractivity contribution >= 4 is 35.2 Å². The van der Waals surface area contributed by atoms with Crippen LogP contribution in [0.1, 0.15) is 10.9 Å². The van der Waals surface area contributed by atoms with E-state index in [1.54, 1.807) is 0 Å². The number of rotatable bonds is 3. The molecule has 1 aromatic rings. The first kappa shape index (κ1) is 15.1. The van der Waals surface area contributed by atoms with Crippen LogP contribution >= 0.6 is 23.4 Å². The Labute approximate surface area is 123 Å². The number of benzene rings is 1. The highest BCUT2D eigenvalue weighted by molar-refractivity contribution is 7.99. The zero-order valence-electron chi connectivity index (χ0n) is 10.3. The van der Waals surface area contributed by atoms with E-state index < -0.39 is 29.1 Å². The van der Waals surface area contributed by atoms with Gasteiger partial charge >= 0.3 is 5.97 Å². The zero-order valence-corrected chi connectivity index (χ0v) is 11.8. The van der Waals surface area contributed by atoms with Gasteiger partial charge in [-0.25, -0.2) is 9.18 Å². The number of amides is 1. The fourth-order valence-electron chi connectivity index (χ4n) is 2.08. The Hall–Kier alpha value is -1.31. The topological polar surface area (TPSA) is 83.6 Å².